The summed E-state index contributed by atoms with van der Waals surface area (Å²) in [7, 11) is 0. The second kappa shape index (κ2) is 6.74. The van der Waals surface area contributed by atoms with Crippen LogP contribution in [0.15, 0.2) is 62.5 Å². The molecule has 0 aromatic carbocycles. The molecule has 0 saturated heterocycles. The monoisotopic (exact) mass is 316 g/mol. The van der Waals surface area contributed by atoms with Gasteiger partial charge in [-0.2, -0.15) is 0 Å². The third-order valence-corrected chi connectivity index (χ3v) is 5.10. The fourth-order valence-electron chi connectivity index (χ4n) is 1.64. The third-order valence-electron chi connectivity index (χ3n) is 2.57. The Balaban J connectivity index is 1.81. The molecule has 1 unspecified atom stereocenters. The van der Waals surface area contributed by atoms with E-state index in [0.717, 1.165) is 14.6 Å². The summed E-state index contributed by atoms with van der Waals surface area (Å²) in [6.45, 7) is 0. The van der Waals surface area contributed by atoms with E-state index in [-0.39, 0.29) is 6.17 Å². The zero-order valence-corrected chi connectivity index (χ0v) is 13.0. The van der Waals surface area contributed by atoms with Crippen LogP contribution < -0.4 is 0 Å². The number of aliphatic imine (C=N–C) groups is 2. The molecule has 0 N–H and O–H groups in total. The number of thiophene rings is 3. The van der Waals surface area contributed by atoms with E-state index in [0.29, 0.717) is 0 Å². The second-order valence-electron chi connectivity index (χ2n) is 3.98. The van der Waals surface area contributed by atoms with Gasteiger partial charge >= 0.3 is 0 Å². The van der Waals surface area contributed by atoms with Gasteiger partial charge in [0, 0.05) is 22.2 Å². The van der Waals surface area contributed by atoms with Gasteiger partial charge in [-0.3, -0.25) is 9.98 Å². The van der Waals surface area contributed by atoms with Crippen LogP contribution in [-0.4, -0.2) is 12.4 Å². The average Bonchev–Trinajstić information content (AvgIpc) is 3.22. The van der Waals surface area contributed by atoms with E-state index in [2.05, 4.69) is 44.3 Å². The summed E-state index contributed by atoms with van der Waals surface area (Å²) in [5.41, 5.74) is 0. The van der Waals surface area contributed by atoms with E-state index in [9.17, 15) is 0 Å². The Hall–Kier alpha value is -1.56. The second-order valence-corrected chi connectivity index (χ2v) is 6.91. The van der Waals surface area contributed by atoms with E-state index < -0.39 is 0 Å². The maximum atomic E-state index is 4.61. The lowest BCUT2D eigenvalue weighted by Crippen LogP contribution is -1.90. The predicted octanol–water partition coefficient (Wildman–Crippen LogP) is 5.11. The van der Waals surface area contributed by atoms with Crippen molar-refractivity contribution in [3.63, 3.8) is 0 Å². The van der Waals surface area contributed by atoms with E-state index >= 15 is 0 Å². The summed E-state index contributed by atoms with van der Waals surface area (Å²) in [5, 5.41) is 6.16. The van der Waals surface area contributed by atoms with Crippen LogP contribution in [-0.2, 0) is 0 Å². The first-order chi connectivity index (χ1) is 9.92. The molecule has 20 heavy (non-hydrogen) atoms. The highest BCUT2D eigenvalue weighted by atomic mass is 32.1. The van der Waals surface area contributed by atoms with Crippen molar-refractivity contribution in [2.24, 2.45) is 9.98 Å². The van der Waals surface area contributed by atoms with Crippen molar-refractivity contribution in [2.75, 3.05) is 0 Å². The van der Waals surface area contributed by atoms with Crippen molar-refractivity contribution in [2.45, 2.75) is 6.17 Å². The van der Waals surface area contributed by atoms with Crippen molar-refractivity contribution in [3.8, 4) is 0 Å². The van der Waals surface area contributed by atoms with Gasteiger partial charge in [-0.15, -0.1) is 34.0 Å². The molecule has 1 atom stereocenters. The molecular weight excluding hydrogens is 304 g/mol. The number of rotatable bonds is 5. The highest BCUT2D eigenvalue weighted by Crippen LogP contribution is 2.24. The van der Waals surface area contributed by atoms with Crippen molar-refractivity contribution >= 4 is 46.4 Å². The minimum atomic E-state index is -0.154. The third kappa shape index (κ3) is 3.50. The van der Waals surface area contributed by atoms with Crippen LogP contribution in [0.3, 0.4) is 0 Å². The topological polar surface area (TPSA) is 24.7 Å². The van der Waals surface area contributed by atoms with Gasteiger partial charge in [0.25, 0.3) is 0 Å². The minimum absolute atomic E-state index is 0.154. The Kier molecular flexibility index (Phi) is 4.53. The first-order valence-corrected chi connectivity index (χ1v) is 8.72. The van der Waals surface area contributed by atoms with Crippen molar-refractivity contribution in [1.82, 2.24) is 0 Å². The normalized spacial score (nSPS) is 13.4. The first kappa shape index (κ1) is 13.4. The van der Waals surface area contributed by atoms with E-state index in [1.807, 2.05) is 30.6 Å². The van der Waals surface area contributed by atoms with E-state index in [4.69, 9.17) is 0 Å². The molecule has 0 fully saturated rings. The maximum absolute atomic E-state index is 4.61. The molecule has 100 valence electrons. The van der Waals surface area contributed by atoms with Crippen LogP contribution in [0, 0.1) is 0 Å². The zero-order chi connectivity index (χ0) is 13.6. The highest BCUT2D eigenvalue weighted by molar-refractivity contribution is 7.12. The van der Waals surface area contributed by atoms with Crippen LogP contribution >= 0.6 is 34.0 Å². The molecule has 3 aromatic rings. The van der Waals surface area contributed by atoms with Crippen molar-refractivity contribution in [1.29, 1.82) is 0 Å². The molecule has 0 saturated carbocycles. The Morgan fingerprint density at radius 2 is 1.30 bits per heavy atom. The van der Waals surface area contributed by atoms with Crippen LogP contribution in [0.4, 0.5) is 0 Å². The first-order valence-electron chi connectivity index (χ1n) is 6.08. The van der Waals surface area contributed by atoms with Gasteiger partial charge in [0.15, 0.2) is 6.17 Å². The molecule has 0 aliphatic heterocycles. The van der Waals surface area contributed by atoms with Crippen LogP contribution in [0.2, 0.25) is 0 Å². The van der Waals surface area contributed by atoms with Crippen LogP contribution in [0.1, 0.15) is 20.8 Å². The lowest BCUT2D eigenvalue weighted by Gasteiger charge is -2.03. The molecule has 3 rings (SSSR count). The van der Waals surface area contributed by atoms with Crippen LogP contribution in [0.5, 0.6) is 0 Å². The summed E-state index contributed by atoms with van der Waals surface area (Å²) < 4.78 is 0. The molecule has 3 heterocycles. The predicted molar refractivity (Wildman–Crippen MR) is 90.9 cm³/mol. The zero-order valence-electron chi connectivity index (χ0n) is 10.5. The van der Waals surface area contributed by atoms with Crippen molar-refractivity contribution < 1.29 is 0 Å². The van der Waals surface area contributed by atoms with Gasteiger partial charge in [-0.1, -0.05) is 18.2 Å². The molecule has 0 radical (unpaired) electrons. The van der Waals surface area contributed by atoms with Crippen LogP contribution in [0.25, 0.3) is 0 Å². The van der Waals surface area contributed by atoms with Gasteiger partial charge in [0.05, 0.1) is 4.88 Å². The standard InChI is InChI=1S/C15H12N2S3/c1-4-12(18-7-1)10-16-15(14-6-3-9-20-14)17-11-13-5-2-8-19-13/h1-11,15H/b16-10-,17-11+. The Bertz CT molecular complexity index is 621. The smallest absolute Gasteiger partial charge is 0.174 e. The minimum Gasteiger partial charge on any atom is -0.259 e. The molecule has 0 aliphatic carbocycles. The number of hydrogen-bond donors (Lipinski definition) is 0. The Labute approximate surface area is 129 Å². The van der Waals surface area contributed by atoms with Crippen molar-refractivity contribution in [3.05, 3.63) is 67.2 Å². The fourth-order valence-corrected chi connectivity index (χ4v) is 3.54. The van der Waals surface area contributed by atoms with Gasteiger partial charge in [-0.05, 0) is 34.3 Å². The summed E-state index contributed by atoms with van der Waals surface area (Å²) in [6.07, 6.45) is 3.65. The molecule has 0 amide bonds. The molecule has 2 nitrogen and oxygen atoms in total. The number of hydrogen-bond acceptors (Lipinski definition) is 5. The molecule has 0 spiro atoms. The van der Waals surface area contributed by atoms with Gasteiger partial charge < -0.3 is 0 Å². The molecular formula is C15H12N2S3. The molecule has 3 aromatic heterocycles. The molecule has 5 heteroatoms. The molecule has 0 aliphatic rings. The lowest BCUT2D eigenvalue weighted by atomic mass is 10.4. The lowest BCUT2D eigenvalue weighted by molar-refractivity contribution is 0.806. The van der Waals surface area contributed by atoms with E-state index in [1.165, 1.54) is 0 Å². The Morgan fingerprint density at radius 1 is 0.750 bits per heavy atom. The van der Waals surface area contributed by atoms with E-state index in [1.54, 1.807) is 34.0 Å². The molecule has 0 bridgehead atoms. The Morgan fingerprint density at radius 3 is 1.75 bits per heavy atom. The van der Waals surface area contributed by atoms with Gasteiger partial charge in [-0.25, -0.2) is 0 Å². The highest BCUT2D eigenvalue weighted by Gasteiger charge is 2.07. The fraction of sp³-hybridized carbons (Fsp3) is 0.0667. The SMILES string of the molecule is C(=N/C(/N=C/c1cccs1)c1cccs1)/c1cccs1. The average molecular weight is 316 g/mol. The largest absolute Gasteiger partial charge is 0.259 e. The summed E-state index contributed by atoms with van der Waals surface area (Å²) in [4.78, 5) is 12.7. The van der Waals surface area contributed by atoms with Gasteiger partial charge in [0.1, 0.15) is 0 Å². The number of nitrogens with zero attached hydrogens (tertiary/aromatic N) is 2. The maximum Gasteiger partial charge on any atom is 0.174 e. The summed E-state index contributed by atoms with van der Waals surface area (Å²) in [6, 6.07) is 12.3. The summed E-state index contributed by atoms with van der Waals surface area (Å²) in [5.74, 6) is 0. The quantitative estimate of drug-likeness (QED) is 0.585. The summed E-state index contributed by atoms with van der Waals surface area (Å²) >= 11 is 5.05. The van der Waals surface area contributed by atoms with Gasteiger partial charge in [0.2, 0.25) is 0 Å².